The molecule has 10 amide bonds. The van der Waals surface area contributed by atoms with E-state index >= 15 is 0 Å². The van der Waals surface area contributed by atoms with E-state index in [1.54, 1.807) is 41.5 Å². The number of phenols is 1. The third-order valence-electron chi connectivity index (χ3n) is 12.6. The third-order valence-corrected chi connectivity index (χ3v) is 12.6. The molecule has 0 spiro atoms. The number of aliphatic carboxylic acids is 1. The molecule has 10 atom stereocenters. The van der Waals surface area contributed by atoms with E-state index in [2.05, 4.69) is 42.2 Å². The molecule has 1 saturated heterocycles. The number of carbonyl (C=O) groups is 11. The van der Waals surface area contributed by atoms with Gasteiger partial charge in [-0.1, -0.05) is 60.1 Å². The van der Waals surface area contributed by atoms with Crippen molar-refractivity contribution in [2.75, 3.05) is 19.7 Å². The van der Waals surface area contributed by atoms with Crippen LogP contribution in [-0.4, -0.2) is 165 Å². The number of phenolic OH excluding ortho intramolecular Hbond substituents is 1. The summed E-state index contributed by atoms with van der Waals surface area (Å²) in [6, 6.07) is -7.13. The molecule has 0 unspecified atom stereocenters. The molecule has 0 aliphatic carbocycles. The van der Waals surface area contributed by atoms with Gasteiger partial charge in [0.25, 0.3) is 0 Å². The zero-order chi connectivity index (χ0) is 57.6. The van der Waals surface area contributed by atoms with E-state index in [0.29, 0.717) is 18.4 Å². The van der Waals surface area contributed by atoms with Crippen molar-refractivity contribution in [3.63, 3.8) is 0 Å². The largest absolute Gasteiger partial charge is 0.508 e. The lowest BCUT2D eigenvalue weighted by atomic mass is 9.95. The summed E-state index contributed by atoms with van der Waals surface area (Å²) in [4.78, 5) is 151. The summed E-state index contributed by atoms with van der Waals surface area (Å²) in [6.07, 6.45) is -1.09. The minimum Gasteiger partial charge on any atom is -0.508 e. The van der Waals surface area contributed by atoms with Gasteiger partial charge in [-0.15, -0.1) is 0 Å². The summed E-state index contributed by atoms with van der Waals surface area (Å²) in [6.45, 7) is 9.01. The minimum absolute atomic E-state index is 0.00344. The number of guanidine groups is 1. The number of nitrogens with two attached hydrogens (primary N) is 5. The number of carboxylic acids is 1. The molecule has 1 aromatic carbocycles. The maximum absolute atomic E-state index is 14.7. The van der Waals surface area contributed by atoms with Crippen LogP contribution in [0, 0.1) is 17.8 Å². The number of benzene rings is 1. The smallest absolute Gasteiger partial charge is 0.326 e. The highest BCUT2D eigenvalue weighted by Gasteiger charge is 2.41. The molecule has 76 heavy (non-hydrogen) atoms. The first-order valence-electron chi connectivity index (χ1n) is 25.0. The lowest BCUT2D eigenvalue weighted by molar-refractivity contribution is -0.143. The SMILES string of the molecule is CC[C@H](C)[C@H](NC(=O)[C@@H]1CCCN1C(=O)[C@H](Cc1ccc(O)cc1)NC(=O)[C@H](CC(N)=O)NC(=O)[C@H](CCCN=C(N)N)NC(=O)[C@H](CO)NC(=O)[C@@H](N)C(C)C)C(=O)N[C@H](C(=O)N[C@@H](CCC(N)=O)C(=O)O)C(C)C. The van der Waals surface area contributed by atoms with Crippen molar-refractivity contribution in [2.45, 2.75) is 154 Å². The quantitative estimate of drug-likeness (QED) is 0.0183. The molecule has 28 nitrogen and oxygen atoms in total. The predicted molar refractivity (Wildman–Crippen MR) is 274 cm³/mol. The molecule has 1 aliphatic heterocycles. The Kier molecular flexibility index (Phi) is 26.6. The van der Waals surface area contributed by atoms with Crippen LogP contribution in [0.4, 0.5) is 0 Å². The van der Waals surface area contributed by atoms with Crippen molar-refractivity contribution < 1.29 is 68.1 Å². The van der Waals surface area contributed by atoms with Crippen LogP contribution in [0.15, 0.2) is 29.3 Å². The van der Waals surface area contributed by atoms with E-state index in [1.807, 2.05) is 0 Å². The van der Waals surface area contributed by atoms with E-state index in [4.69, 9.17) is 28.7 Å². The van der Waals surface area contributed by atoms with Gasteiger partial charge < -0.3 is 86.1 Å². The van der Waals surface area contributed by atoms with E-state index in [-0.39, 0.29) is 69.2 Å². The van der Waals surface area contributed by atoms with E-state index in [1.165, 1.54) is 29.2 Å². The van der Waals surface area contributed by atoms with Crippen molar-refractivity contribution in [2.24, 2.45) is 51.4 Å². The Morgan fingerprint density at radius 2 is 1.22 bits per heavy atom. The Balaban J connectivity index is 2.48. The Labute approximate surface area is 440 Å². The standard InChI is InChI=1S/C48H78N14O14/c1-7-25(6)38(45(73)60-37(24(4)5)44(72)56-29(47(75)76)16-17-34(49)65)61-42(70)33-11-9-19-62(33)46(74)31(20-26-12-14-27(64)15-13-26)58-40(68)30(21-35(50)66)57-39(67)28(10-8-18-54-48(52)53)55-41(69)32(22-63)59-43(71)36(51)23(2)3/h12-15,23-25,28-33,36-38,63-64H,7-11,16-22,51H2,1-6H3,(H2,49,65)(H2,50,66)(H,55,69)(H,56,72)(H,57,67)(H,58,68)(H,59,71)(H,60,73)(H,61,70)(H,75,76)(H4,52,53,54)/t25-,28-,29-,30-,31-,32-,33-,36-,37-,38-/m0/s1. The maximum Gasteiger partial charge on any atom is 0.326 e. The monoisotopic (exact) mass is 1070 g/mol. The fraction of sp³-hybridized carbons (Fsp3) is 0.625. The van der Waals surface area contributed by atoms with Crippen LogP contribution in [0.25, 0.3) is 0 Å². The Bertz CT molecular complexity index is 2240. The topological polar surface area (TPSA) is 478 Å². The lowest BCUT2D eigenvalue weighted by Gasteiger charge is -2.32. The Morgan fingerprint density at radius 1 is 0.671 bits per heavy atom. The molecule has 28 heteroatoms. The Morgan fingerprint density at radius 3 is 1.76 bits per heavy atom. The molecule has 0 radical (unpaired) electrons. The minimum atomic E-state index is -1.79. The molecule has 0 saturated carbocycles. The lowest BCUT2D eigenvalue weighted by Crippen LogP contribution is -2.61. The molecular formula is C48H78N14O14. The second-order valence-corrected chi connectivity index (χ2v) is 19.4. The number of hydrogen-bond donors (Lipinski definition) is 15. The fourth-order valence-electron chi connectivity index (χ4n) is 7.87. The number of nitrogens with one attached hydrogen (secondary N) is 7. The number of hydrogen-bond acceptors (Lipinski definition) is 15. The molecule has 1 aliphatic rings. The third kappa shape index (κ3) is 20.9. The number of nitrogens with zero attached hydrogens (tertiary/aromatic N) is 2. The van der Waals surface area contributed by atoms with Crippen LogP contribution >= 0.6 is 0 Å². The van der Waals surface area contributed by atoms with Gasteiger partial charge in [0, 0.05) is 25.9 Å². The van der Waals surface area contributed by atoms with Gasteiger partial charge in [0.05, 0.1) is 19.1 Å². The van der Waals surface area contributed by atoms with Gasteiger partial charge in [-0.25, -0.2) is 4.79 Å². The van der Waals surface area contributed by atoms with Gasteiger partial charge in [-0.05, 0) is 67.6 Å². The number of carboxylic acid groups (broad SMARTS) is 1. The zero-order valence-electron chi connectivity index (χ0n) is 43.8. The van der Waals surface area contributed by atoms with Crippen molar-refractivity contribution >= 4 is 71.0 Å². The van der Waals surface area contributed by atoms with Crippen molar-refractivity contribution in [3.05, 3.63) is 29.8 Å². The second-order valence-electron chi connectivity index (χ2n) is 19.4. The molecule has 0 aromatic heterocycles. The molecule has 20 N–H and O–H groups in total. The Hall–Kier alpha value is -7.62. The normalized spacial score (nSPS) is 16.7. The average molecular weight is 1080 g/mol. The summed E-state index contributed by atoms with van der Waals surface area (Å²) in [7, 11) is 0. The number of aromatic hydroxyl groups is 1. The molecule has 2 rings (SSSR count). The number of primary amides is 2. The summed E-state index contributed by atoms with van der Waals surface area (Å²) in [5.74, 6) is -12.3. The summed E-state index contributed by atoms with van der Waals surface area (Å²) >= 11 is 0. The van der Waals surface area contributed by atoms with Gasteiger partial charge in [0.2, 0.25) is 59.1 Å². The number of aliphatic hydroxyl groups is 1. The van der Waals surface area contributed by atoms with Crippen molar-refractivity contribution in [1.29, 1.82) is 0 Å². The summed E-state index contributed by atoms with van der Waals surface area (Å²) < 4.78 is 0. The predicted octanol–water partition coefficient (Wildman–Crippen LogP) is -4.72. The van der Waals surface area contributed by atoms with E-state index < -0.39 is 144 Å². The zero-order valence-corrected chi connectivity index (χ0v) is 43.8. The first kappa shape index (κ1) is 64.5. The fourth-order valence-corrected chi connectivity index (χ4v) is 7.87. The number of rotatable bonds is 32. The number of carbonyl (C=O) groups excluding carboxylic acids is 10. The van der Waals surface area contributed by atoms with Crippen molar-refractivity contribution in [1.82, 2.24) is 42.1 Å². The van der Waals surface area contributed by atoms with Gasteiger partial charge in [-0.3, -0.25) is 52.9 Å². The van der Waals surface area contributed by atoms with Crippen LogP contribution in [0.5, 0.6) is 5.75 Å². The van der Waals surface area contributed by atoms with Crippen LogP contribution in [0.2, 0.25) is 0 Å². The highest BCUT2D eigenvalue weighted by atomic mass is 16.4. The number of aliphatic hydroxyl groups excluding tert-OH is 1. The summed E-state index contributed by atoms with van der Waals surface area (Å²) in [5.41, 5.74) is 27.9. The molecule has 0 bridgehead atoms. The van der Waals surface area contributed by atoms with Gasteiger partial charge >= 0.3 is 5.97 Å². The van der Waals surface area contributed by atoms with Crippen LogP contribution < -0.4 is 65.9 Å². The molecular weight excluding hydrogens is 997 g/mol. The van der Waals surface area contributed by atoms with Crippen LogP contribution in [0.3, 0.4) is 0 Å². The second kappa shape index (κ2) is 31.3. The summed E-state index contributed by atoms with van der Waals surface area (Å²) in [5, 5.41) is 47.0. The van der Waals surface area contributed by atoms with Gasteiger partial charge in [0.1, 0.15) is 54.1 Å². The average Bonchev–Trinajstić information content (AvgIpc) is 3.85. The number of aliphatic imine (C=N–C) groups is 1. The van der Waals surface area contributed by atoms with E-state index in [9.17, 15) is 68.1 Å². The first-order chi connectivity index (χ1) is 35.6. The van der Waals surface area contributed by atoms with Crippen LogP contribution in [0.1, 0.15) is 98.5 Å². The van der Waals surface area contributed by atoms with E-state index in [0.717, 1.165) is 0 Å². The molecule has 1 aromatic rings. The maximum atomic E-state index is 14.7. The van der Waals surface area contributed by atoms with Gasteiger partial charge in [-0.2, -0.15) is 0 Å². The highest BCUT2D eigenvalue weighted by Crippen LogP contribution is 2.22. The number of likely N-dealkylation sites (tertiary alicyclic amines) is 1. The first-order valence-corrected chi connectivity index (χ1v) is 25.0. The molecule has 1 heterocycles. The van der Waals surface area contributed by atoms with Crippen LogP contribution in [-0.2, 0) is 59.2 Å². The highest BCUT2D eigenvalue weighted by molar-refractivity contribution is 5.99. The molecule has 424 valence electrons. The molecule has 1 fully saturated rings. The van der Waals surface area contributed by atoms with Crippen molar-refractivity contribution in [3.8, 4) is 5.75 Å². The van der Waals surface area contributed by atoms with Gasteiger partial charge in [0.15, 0.2) is 5.96 Å². The number of amides is 10.